The van der Waals surface area contributed by atoms with Crippen LogP contribution in [0, 0.1) is 0 Å². The summed E-state index contributed by atoms with van der Waals surface area (Å²) in [5.74, 6) is -0.0311. The lowest BCUT2D eigenvalue weighted by molar-refractivity contribution is -0.146. The molecule has 0 saturated carbocycles. The van der Waals surface area contributed by atoms with Gasteiger partial charge in [-0.15, -0.1) is 0 Å². The van der Waals surface area contributed by atoms with E-state index in [-0.39, 0.29) is 24.4 Å². The summed E-state index contributed by atoms with van der Waals surface area (Å²) in [5, 5.41) is 2.69. The van der Waals surface area contributed by atoms with Gasteiger partial charge in [0, 0.05) is 0 Å². The predicted octanol–water partition coefficient (Wildman–Crippen LogP) is 1.41. The number of hydrogen-bond donors (Lipinski definition) is 1. The highest BCUT2D eigenvalue weighted by Gasteiger charge is 2.36. The van der Waals surface area contributed by atoms with Gasteiger partial charge in [-0.25, -0.2) is 0 Å². The number of rotatable bonds is 1. The summed E-state index contributed by atoms with van der Waals surface area (Å²) >= 11 is 0. The van der Waals surface area contributed by atoms with Gasteiger partial charge in [0.15, 0.2) is 0 Å². The molecule has 0 aromatic heterocycles. The minimum atomic E-state index is -0.407. The number of nitrogens with one attached hydrogen (secondary N) is 1. The number of piperazine rings is 1. The Morgan fingerprint density at radius 3 is 2.89 bits per heavy atom. The van der Waals surface area contributed by atoms with E-state index in [9.17, 15) is 9.59 Å². The Balaban J connectivity index is 1.94. The van der Waals surface area contributed by atoms with Gasteiger partial charge in [-0.1, -0.05) is 24.3 Å². The molecule has 4 heteroatoms. The van der Waals surface area contributed by atoms with Gasteiger partial charge in [-0.3, -0.25) is 9.59 Å². The zero-order chi connectivity index (χ0) is 13.4. The van der Waals surface area contributed by atoms with Crippen LogP contribution in [0.15, 0.2) is 24.3 Å². The number of nitrogens with zero attached hydrogens (tertiary/aromatic N) is 1. The van der Waals surface area contributed by atoms with Crippen LogP contribution in [0.2, 0.25) is 0 Å². The van der Waals surface area contributed by atoms with E-state index in [1.807, 2.05) is 12.1 Å². The number of hydrogen-bond acceptors (Lipinski definition) is 2. The minimum absolute atomic E-state index is 0.0290. The summed E-state index contributed by atoms with van der Waals surface area (Å²) in [6.45, 7) is 1.93. The Kier molecular flexibility index (Phi) is 3.01. The van der Waals surface area contributed by atoms with Crippen LogP contribution < -0.4 is 5.32 Å². The predicted molar refractivity (Wildman–Crippen MR) is 71.4 cm³/mol. The molecule has 2 unspecified atom stereocenters. The molecule has 2 atom stereocenters. The highest BCUT2D eigenvalue weighted by molar-refractivity contribution is 5.94. The molecule has 19 heavy (non-hydrogen) atoms. The van der Waals surface area contributed by atoms with Crippen LogP contribution in [0.25, 0.3) is 0 Å². The molecule has 0 spiro atoms. The van der Waals surface area contributed by atoms with Gasteiger partial charge in [0.25, 0.3) is 0 Å². The van der Waals surface area contributed by atoms with Crippen molar-refractivity contribution in [3.8, 4) is 0 Å². The summed E-state index contributed by atoms with van der Waals surface area (Å²) in [6, 6.07) is 7.91. The van der Waals surface area contributed by atoms with Crippen molar-refractivity contribution in [2.24, 2.45) is 0 Å². The third-order valence-electron chi connectivity index (χ3n) is 4.06. The van der Waals surface area contributed by atoms with Crippen LogP contribution in [-0.4, -0.2) is 29.3 Å². The summed E-state index contributed by atoms with van der Waals surface area (Å²) in [5.41, 5.74) is 2.52. The molecule has 0 bridgehead atoms. The number of benzene rings is 1. The molecule has 2 amide bonds. The number of aryl methyl sites for hydroxylation is 1. The third kappa shape index (κ3) is 2.11. The lowest BCUT2D eigenvalue weighted by Crippen LogP contribution is -2.57. The fraction of sp³-hybridized carbons (Fsp3) is 0.467. The van der Waals surface area contributed by atoms with Crippen molar-refractivity contribution in [3.05, 3.63) is 35.4 Å². The lowest BCUT2D eigenvalue weighted by Gasteiger charge is -2.39. The molecule has 3 rings (SSSR count). The molecule has 1 N–H and O–H groups in total. The van der Waals surface area contributed by atoms with Crippen molar-refractivity contribution in [3.63, 3.8) is 0 Å². The van der Waals surface area contributed by atoms with Gasteiger partial charge in [0.1, 0.15) is 12.6 Å². The Morgan fingerprint density at radius 2 is 2.05 bits per heavy atom. The standard InChI is InChI=1S/C15H18N2O2/c1-10-15(19)17(9-14(18)16-10)13-8-4-6-11-5-2-3-7-12(11)13/h2-3,5,7,10,13H,4,6,8-9H2,1H3,(H,16,18). The average Bonchev–Trinajstić information content (AvgIpc) is 2.42. The maximum absolute atomic E-state index is 12.3. The molecular weight excluding hydrogens is 240 g/mol. The zero-order valence-corrected chi connectivity index (χ0v) is 11.1. The van der Waals surface area contributed by atoms with Crippen molar-refractivity contribution < 1.29 is 9.59 Å². The van der Waals surface area contributed by atoms with Gasteiger partial charge in [-0.05, 0) is 37.3 Å². The van der Waals surface area contributed by atoms with E-state index in [0.717, 1.165) is 19.3 Å². The van der Waals surface area contributed by atoms with Crippen LogP contribution in [-0.2, 0) is 16.0 Å². The largest absolute Gasteiger partial charge is 0.343 e. The molecule has 0 radical (unpaired) electrons. The molecule has 1 aromatic rings. The second-order valence-electron chi connectivity index (χ2n) is 5.36. The summed E-state index contributed by atoms with van der Waals surface area (Å²) in [4.78, 5) is 25.7. The van der Waals surface area contributed by atoms with E-state index in [0.29, 0.717) is 0 Å². The molecule has 1 aliphatic heterocycles. The summed E-state index contributed by atoms with van der Waals surface area (Å²) in [7, 11) is 0. The van der Waals surface area contributed by atoms with E-state index < -0.39 is 6.04 Å². The van der Waals surface area contributed by atoms with Gasteiger partial charge in [0.05, 0.1) is 6.04 Å². The molecule has 1 aliphatic carbocycles. The molecule has 4 nitrogen and oxygen atoms in total. The van der Waals surface area contributed by atoms with Crippen molar-refractivity contribution in [2.45, 2.75) is 38.3 Å². The SMILES string of the molecule is CC1NC(=O)CN(C2CCCc3ccccc32)C1=O. The molecule has 1 heterocycles. The van der Waals surface area contributed by atoms with Crippen molar-refractivity contribution in [1.82, 2.24) is 10.2 Å². The fourth-order valence-corrected chi connectivity index (χ4v) is 3.15. The number of fused-ring (bicyclic) bond motifs is 1. The highest BCUT2D eigenvalue weighted by Crippen LogP contribution is 2.34. The van der Waals surface area contributed by atoms with E-state index in [4.69, 9.17) is 0 Å². The maximum Gasteiger partial charge on any atom is 0.245 e. The number of amides is 2. The normalized spacial score (nSPS) is 26.9. The van der Waals surface area contributed by atoms with Gasteiger partial charge >= 0.3 is 0 Å². The minimum Gasteiger partial charge on any atom is -0.343 e. The molecule has 1 aromatic carbocycles. The molecule has 2 aliphatic rings. The van der Waals surface area contributed by atoms with Crippen molar-refractivity contribution in [1.29, 1.82) is 0 Å². The van der Waals surface area contributed by atoms with Gasteiger partial charge < -0.3 is 10.2 Å². The quantitative estimate of drug-likeness (QED) is 0.828. The lowest BCUT2D eigenvalue weighted by atomic mass is 9.86. The van der Waals surface area contributed by atoms with Crippen LogP contribution >= 0.6 is 0 Å². The van der Waals surface area contributed by atoms with E-state index in [2.05, 4.69) is 17.4 Å². The zero-order valence-electron chi connectivity index (χ0n) is 11.1. The van der Waals surface area contributed by atoms with Gasteiger partial charge in [0.2, 0.25) is 11.8 Å². The van der Waals surface area contributed by atoms with E-state index in [1.54, 1.807) is 11.8 Å². The van der Waals surface area contributed by atoms with Crippen LogP contribution in [0.3, 0.4) is 0 Å². The van der Waals surface area contributed by atoms with Crippen LogP contribution in [0.4, 0.5) is 0 Å². The topological polar surface area (TPSA) is 49.4 Å². The first-order valence-corrected chi connectivity index (χ1v) is 6.84. The highest BCUT2D eigenvalue weighted by atomic mass is 16.2. The number of carbonyl (C=O) groups is 2. The smallest absolute Gasteiger partial charge is 0.245 e. The fourth-order valence-electron chi connectivity index (χ4n) is 3.15. The Labute approximate surface area is 112 Å². The average molecular weight is 258 g/mol. The molecule has 1 fully saturated rings. The van der Waals surface area contributed by atoms with Crippen LogP contribution in [0.1, 0.15) is 36.9 Å². The third-order valence-corrected chi connectivity index (χ3v) is 4.06. The Hall–Kier alpha value is -1.84. The summed E-state index contributed by atoms with van der Waals surface area (Å²) < 4.78 is 0. The van der Waals surface area contributed by atoms with E-state index >= 15 is 0 Å². The molecular formula is C15H18N2O2. The monoisotopic (exact) mass is 258 g/mol. The van der Waals surface area contributed by atoms with Gasteiger partial charge in [-0.2, -0.15) is 0 Å². The first-order valence-electron chi connectivity index (χ1n) is 6.84. The van der Waals surface area contributed by atoms with E-state index in [1.165, 1.54) is 11.1 Å². The number of carbonyl (C=O) groups excluding carboxylic acids is 2. The van der Waals surface area contributed by atoms with Crippen LogP contribution in [0.5, 0.6) is 0 Å². The van der Waals surface area contributed by atoms with Crippen molar-refractivity contribution >= 4 is 11.8 Å². The maximum atomic E-state index is 12.3. The first-order chi connectivity index (χ1) is 9.16. The second kappa shape index (κ2) is 4.68. The second-order valence-corrected chi connectivity index (χ2v) is 5.36. The summed E-state index contributed by atoms with van der Waals surface area (Å²) in [6.07, 6.45) is 3.08. The first kappa shape index (κ1) is 12.2. The molecule has 1 saturated heterocycles. The van der Waals surface area contributed by atoms with Crippen molar-refractivity contribution in [2.75, 3.05) is 6.54 Å². The molecule has 100 valence electrons. The Bertz CT molecular complexity index is 527. The Morgan fingerprint density at radius 1 is 1.26 bits per heavy atom.